The van der Waals surface area contributed by atoms with E-state index >= 15 is 0 Å². The summed E-state index contributed by atoms with van der Waals surface area (Å²) in [6.45, 7) is 1.96. The van der Waals surface area contributed by atoms with Gasteiger partial charge in [0.2, 0.25) is 0 Å². The third kappa shape index (κ3) is 2.10. The molecule has 0 fully saturated rings. The number of rotatable bonds is 1. The summed E-state index contributed by atoms with van der Waals surface area (Å²) in [5, 5.41) is 3.94. The van der Waals surface area contributed by atoms with Crippen LogP contribution in [0.15, 0.2) is 24.5 Å². The highest BCUT2D eigenvalue weighted by Gasteiger charge is 1.75. The quantitative estimate of drug-likeness (QED) is 0.618. The highest BCUT2D eigenvalue weighted by molar-refractivity contribution is 5.17. The van der Waals surface area contributed by atoms with Crippen molar-refractivity contribution in [2.45, 2.75) is 6.92 Å². The van der Waals surface area contributed by atoms with Gasteiger partial charge in [-0.2, -0.15) is 5.10 Å². The summed E-state index contributed by atoms with van der Waals surface area (Å²) in [6, 6.07) is 1.89. The molecule has 0 saturated carbocycles. The average Bonchev–Trinajstić information content (AvgIpc) is 2.19. The Labute approximate surface area is 54.6 Å². The molecule has 0 aliphatic rings. The van der Waals surface area contributed by atoms with Crippen LogP contribution < -0.4 is 6.15 Å². The van der Waals surface area contributed by atoms with E-state index in [1.165, 1.54) is 0 Å². The Balaban J connectivity index is 0.000000640. The van der Waals surface area contributed by atoms with Crippen molar-refractivity contribution in [3.8, 4) is 0 Å². The molecule has 3 heteroatoms. The van der Waals surface area contributed by atoms with Gasteiger partial charge >= 0.3 is 0 Å². The molecule has 1 aromatic heterocycles. The Kier molecular flexibility index (Phi) is 3.39. The van der Waals surface area contributed by atoms with E-state index in [9.17, 15) is 0 Å². The summed E-state index contributed by atoms with van der Waals surface area (Å²) < 4.78 is 1.75. The van der Waals surface area contributed by atoms with Crippen LogP contribution in [-0.2, 0) is 0 Å². The first-order chi connectivity index (χ1) is 3.93. The molecule has 0 saturated heterocycles. The predicted molar refractivity (Wildman–Crippen MR) is 38.3 cm³/mol. The van der Waals surface area contributed by atoms with Gasteiger partial charge in [0.1, 0.15) is 0 Å². The van der Waals surface area contributed by atoms with E-state index in [4.69, 9.17) is 0 Å². The minimum absolute atomic E-state index is 0. The van der Waals surface area contributed by atoms with Gasteiger partial charge in [0.05, 0.1) is 0 Å². The van der Waals surface area contributed by atoms with Gasteiger partial charge in [-0.1, -0.05) is 6.08 Å². The molecule has 0 spiro atoms. The zero-order chi connectivity index (χ0) is 5.82. The van der Waals surface area contributed by atoms with Crippen molar-refractivity contribution in [2.24, 2.45) is 0 Å². The van der Waals surface area contributed by atoms with E-state index in [2.05, 4.69) is 5.10 Å². The summed E-state index contributed by atoms with van der Waals surface area (Å²) in [5.41, 5.74) is 0. The first-order valence-corrected chi connectivity index (χ1v) is 2.55. The molecule has 0 aliphatic carbocycles. The van der Waals surface area contributed by atoms with Gasteiger partial charge in [-0.3, -0.25) is 0 Å². The number of hydrogen-bond donors (Lipinski definition) is 1. The van der Waals surface area contributed by atoms with Crippen molar-refractivity contribution >= 4 is 6.20 Å². The fraction of sp³-hybridized carbons (Fsp3) is 0.167. The van der Waals surface area contributed by atoms with Gasteiger partial charge < -0.3 is 6.15 Å². The normalized spacial score (nSPS) is 9.44. The summed E-state index contributed by atoms with van der Waals surface area (Å²) in [7, 11) is 0. The SMILES string of the molecule is C/C=C\n1cccn1.N. The molecule has 9 heavy (non-hydrogen) atoms. The zero-order valence-corrected chi connectivity index (χ0v) is 5.49. The molecule has 3 N–H and O–H groups in total. The molecule has 1 rings (SSSR count). The first kappa shape index (κ1) is 7.91. The molecule has 50 valence electrons. The molecular formula is C6H11N3. The number of aromatic nitrogens is 2. The Morgan fingerprint density at radius 1 is 1.56 bits per heavy atom. The highest BCUT2D eigenvalue weighted by Crippen LogP contribution is 1.83. The Bertz CT molecular complexity index is 164. The lowest BCUT2D eigenvalue weighted by molar-refractivity contribution is 0.934. The van der Waals surface area contributed by atoms with Gasteiger partial charge in [0.25, 0.3) is 0 Å². The molecule has 0 atom stereocenters. The smallest absolute Gasteiger partial charge is 0.0493 e. The molecule has 0 unspecified atom stereocenters. The van der Waals surface area contributed by atoms with Crippen LogP contribution in [0.3, 0.4) is 0 Å². The molecule has 0 bridgehead atoms. The van der Waals surface area contributed by atoms with Crippen LogP contribution in [0, 0.1) is 0 Å². The second-order valence-corrected chi connectivity index (χ2v) is 1.47. The van der Waals surface area contributed by atoms with Crippen LogP contribution in [0.5, 0.6) is 0 Å². The maximum Gasteiger partial charge on any atom is 0.0493 e. The molecular weight excluding hydrogens is 114 g/mol. The average molecular weight is 125 g/mol. The van der Waals surface area contributed by atoms with Gasteiger partial charge in [0.15, 0.2) is 0 Å². The lowest BCUT2D eigenvalue weighted by Crippen LogP contribution is -1.82. The van der Waals surface area contributed by atoms with Crippen LogP contribution >= 0.6 is 0 Å². The molecule has 0 aliphatic heterocycles. The minimum atomic E-state index is 0. The monoisotopic (exact) mass is 125 g/mol. The number of nitrogens with zero attached hydrogens (tertiary/aromatic N) is 2. The second-order valence-electron chi connectivity index (χ2n) is 1.47. The van der Waals surface area contributed by atoms with Gasteiger partial charge in [-0.15, -0.1) is 0 Å². The largest absolute Gasteiger partial charge is 0.344 e. The molecule has 0 aromatic carbocycles. The second kappa shape index (κ2) is 3.86. The van der Waals surface area contributed by atoms with Crippen LogP contribution in [0.4, 0.5) is 0 Å². The van der Waals surface area contributed by atoms with Crippen molar-refractivity contribution in [2.75, 3.05) is 0 Å². The fourth-order valence-electron chi connectivity index (χ4n) is 0.522. The van der Waals surface area contributed by atoms with Crippen LogP contribution in [-0.4, -0.2) is 9.78 Å². The molecule has 3 nitrogen and oxygen atoms in total. The van der Waals surface area contributed by atoms with E-state index in [0.29, 0.717) is 0 Å². The summed E-state index contributed by atoms with van der Waals surface area (Å²) >= 11 is 0. The standard InChI is InChI=1S/C6H8N2.H3N/c1-2-5-8-6-3-4-7-8;/h2-6H,1H3;1H3/b5-2-;. The third-order valence-corrected chi connectivity index (χ3v) is 0.827. The van der Waals surface area contributed by atoms with Crippen molar-refractivity contribution in [3.05, 3.63) is 24.5 Å². The van der Waals surface area contributed by atoms with Gasteiger partial charge in [-0.25, -0.2) is 4.68 Å². The summed E-state index contributed by atoms with van der Waals surface area (Å²) in [6.07, 6.45) is 7.47. The Morgan fingerprint density at radius 2 is 2.33 bits per heavy atom. The predicted octanol–water partition coefficient (Wildman–Crippen LogP) is 1.54. The lowest BCUT2D eigenvalue weighted by Gasteiger charge is -1.83. The van der Waals surface area contributed by atoms with Crippen molar-refractivity contribution in [1.82, 2.24) is 15.9 Å². The molecule has 1 aromatic rings. The maximum absolute atomic E-state index is 3.94. The third-order valence-electron chi connectivity index (χ3n) is 0.827. The van der Waals surface area contributed by atoms with E-state index in [1.54, 1.807) is 10.9 Å². The Hall–Kier alpha value is -1.09. The first-order valence-electron chi connectivity index (χ1n) is 2.55. The summed E-state index contributed by atoms with van der Waals surface area (Å²) in [5.74, 6) is 0. The van der Waals surface area contributed by atoms with Crippen LogP contribution in [0.1, 0.15) is 6.92 Å². The maximum atomic E-state index is 3.94. The fourth-order valence-corrected chi connectivity index (χ4v) is 0.522. The molecule has 0 radical (unpaired) electrons. The minimum Gasteiger partial charge on any atom is -0.344 e. The van der Waals surface area contributed by atoms with E-state index in [-0.39, 0.29) is 6.15 Å². The summed E-state index contributed by atoms with van der Waals surface area (Å²) in [4.78, 5) is 0. The Morgan fingerprint density at radius 3 is 2.78 bits per heavy atom. The van der Waals surface area contributed by atoms with Gasteiger partial charge in [0, 0.05) is 18.6 Å². The lowest BCUT2D eigenvalue weighted by atomic mass is 10.7. The zero-order valence-electron chi connectivity index (χ0n) is 5.49. The molecule has 1 heterocycles. The number of hydrogen-bond acceptors (Lipinski definition) is 2. The van der Waals surface area contributed by atoms with Gasteiger partial charge in [-0.05, 0) is 13.0 Å². The highest BCUT2D eigenvalue weighted by atomic mass is 15.2. The van der Waals surface area contributed by atoms with Crippen LogP contribution in [0.2, 0.25) is 0 Å². The van der Waals surface area contributed by atoms with Crippen molar-refractivity contribution in [3.63, 3.8) is 0 Å². The molecule has 0 amide bonds. The topological polar surface area (TPSA) is 52.8 Å². The number of allylic oxidation sites excluding steroid dienone is 1. The van der Waals surface area contributed by atoms with Crippen molar-refractivity contribution < 1.29 is 0 Å². The van der Waals surface area contributed by atoms with Crippen LogP contribution in [0.25, 0.3) is 6.20 Å². The van der Waals surface area contributed by atoms with Crippen molar-refractivity contribution in [1.29, 1.82) is 0 Å². The van der Waals surface area contributed by atoms with E-state index < -0.39 is 0 Å². The van der Waals surface area contributed by atoms with E-state index in [1.807, 2.05) is 31.5 Å². The van der Waals surface area contributed by atoms with E-state index in [0.717, 1.165) is 0 Å².